The van der Waals surface area contributed by atoms with Crippen molar-refractivity contribution in [1.82, 2.24) is 20.4 Å². The molecule has 0 amide bonds. The molecule has 2 aromatic heterocycles. The molecule has 102 valence electrons. The SMILES string of the molecule is CCNC(C)C(CC)c1nc(-c2ccncc2)no1. The van der Waals surface area contributed by atoms with Gasteiger partial charge in [0, 0.05) is 24.0 Å². The maximum atomic E-state index is 5.42. The van der Waals surface area contributed by atoms with Crippen molar-refractivity contribution in [1.29, 1.82) is 0 Å². The third-order valence-corrected chi connectivity index (χ3v) is 3.27. The van der Waals surface area contributed by atoms with E-state index in [1.54, 1.807) is 12.4 Å². The van der Waals surface area contributed by atoms with Crippen LogP contribution in [0.2, 0.25) is 0 Å². The summed E-state index contributed by atoms with van der Waals surface area (Å²) >= 11 is 0. The zero-order valence-electron chi connectivity index (χ0n) is 11.6. The summed E-state index contributed by atoms with van der Waals surface area (Å²) in [6, 6.07) is 4.08. The molecule has 2 heterocycles. The van der Waals surface area contributed by atoms with Crippen LogP contribution < -0.4 is 5.32 Å². The van der Waals surface area contributed by atoms with Crippen LogP contribution in [0.4, 0.5) is 0 Å². The molecule has 0 spiro atoms. The molecule has 0 fully saturated rings. The molecule has 5 nitrogen and oxygen atoms in total. The van der Waals surface area contributed by atoms with Crippen LogP contribution in [-0.4, -0.2) is 27.7 Å². The summed E-state index contributed by atoms with van der Waals surface area (Å²) in [6.45, 7) is 7.31. The first-order valence-electron chi connectivity index (χ1n) is 6.73. The lowest BCUT2D eigenvalue weighted by Crippen LogP contribution is -2.31. The van der Waals surface area contributed by atoms with Gasteiger partial charge in [0.25, 0.3) is 0 Å². The molecule has 0 saturated heterocycles. The standard InChI is InChI=1S/C14H20N4O/c1-4-12(10(3)16-5-2)14-17-13(18-19-14)11-6-8-15-9-7-11/h6-10,12,16H,4-5H2,1-3H3. The Bertz CT molecular complexity index is 497. The van der Waals surface area contributed by atoms with Gasteiger partial charge in [-0.3, -0.25) is 4.98 Å². The average Bonchev–Trinajstić information content (AvgIpc) is 2.90. The molecule has 0 radical (unpaired) electrons. The molecule has 19 heavy (non-hydrogen) atoms. The monoisotopic (exact) mass is 260 g/mol. The lowest BCUT2D eigenvalue weighted by molar-refractivity contribution is 0.318. The molecule has 0 aliphatic rings. The summed E-state index contributed by atoms with van der Waals surface area (Å²) < 4.78 is 5.42. The van der Waals surface area contributed by atoms with Gasteiger partial charge in [0.05, 0.1) is 5.92 Å². The first-order chi connectivity index (χ1) is 9.26. The van der Waals surface area contributed by atoms with Gasteiger partial charge < -0.3 is 9.84 Å². The summed E-state index contributed by atoms with van der Waals surface area (Å²) in [4.78, 5) is 8.49. The van der Waals surface area contributed by atoms with Gasteiger partial charge >= 0.3 is 0 Å². The van der Waals surface area contributed by atoms with E-state index in [1.165, 1.54) is 0 Å². The van der Waals surface area contributed by atoms with E-state index in [2.05, 4.69) is 41.2 Å². The second-order valence-corrected chi connectivity index (χ2v) is 4.55. The first-order valence-corrected chi connectivity index (χ1v) is 6.73. The maximum absolute atomic E-state index is 5.42. The molecule has 2 atom stereocenters. The molecule has 0 aromatic carbocycles. The zero-order chi connectivity index (χ0) is 13.7. The lowest BCUT2D eigenvalue weighted by Gasteiger charge is -2.19. The topological polar surface area (TPSA) is 63.8 Å². The summed E-state index contributed by atoms with van der Waals surface area (Å²) in [5, 5.41) is 7.46. The van der Waals surface area contributed by atoms with Crippen LogP contribution in [0.5, 0.6) is 0 Å². The fourth-order valence-corrected chi connectivity index (χ4v) is 2.21. The molecule has 0 aliphatic carbocycles. The van der Waals surface area contributed by atoms with E-state index in [0.29, 0.717) is 17.8 Å². The Labute approximate surface area is 113 Å². The number of likely N-dealkylation sites (N-methyl/N-ethyl adjacent to an activating group) is 1. The Hall–Kier alpha value is -1.75. The van der Waals surface area contributed by atoms with E-state index >= 15 is 0 Å². The Kier molecular flexibility index (Phi) is 4.63. The summed E-state index contributed by atoms with van der Waals surface area (Å²) in [7, 11) is 0. The third kappa shape index (κ3) is 3.17. The highest BCUT2D eigenvalue weighted by Gasteiger charge is 2.23. The van der Waals surface area contributed by atoms with Gasteiger partial charge in [-0.1, -0.05) is 19.0 Å². The maximum Gasteiger partial charge on any atom is 0.231 e. The molecule has 5 heteroatoms. The molecule has 1 N–H and O–H groups in total. The second-order valence-electron chi connectivity index (χ2n) is 4.55. The van der Waals surface area contributed by atoms with Crippen molar-refractivity contribution in [2.75, 3.05) is 6.54 Å². The molecule has 2 rings (SSSR count). The van der Waals surface area contributed by atoms with E-state index in [0.717, 1.165) is 18.5 Å². The van der Waals surface area contributed by atoms with E-state index < -0.39 is 0 Å². The summed E-state index contributed by atoms with van der Waals surface area (Å²) in [5.41, 5.74) is 0.927. The summed E-state index contributed by atoms with van der Waals surface area (Å²) in [6.07, 6.45) is 4.42. The number of pyridine rings is 1. The van der Waals surface area contributed by atoms with E-state index in [1.807, 2.05) is 12.1 Å². The van der Waals surface area contributed by atoms with Crippen molar-refractivity contribution in [2.45, 2.75) is 39.2 Å². The Balaban J connectivity index is 2.20. The highest BCUT2D eigenvalue weighted by Crippen LogP contribution is 2.24. The van der Waals surface area contributed by atoms with Crippen LogP contribution in [-0.2, 0) is 0 Å². The van der Waals surface area contributed by atoms with E-state index in [4.69, 9.17) is 4.52 Å². The fourth-order valence-electron chi connectivity index (χ4n) is 2.21. The largest absolute Gasteiger partial charge is 0.339 e. The fraction of sp³-hybridized carbons (Fsp3) is 0.500. The minimum absolute atomic E-state index is 0.239. The van der Waals surface area contributed by atoms with Gasteiger partial charge in [-0.25, -0.2) is 0 Å². The highest BCUT2D eigenvalue weighted by molar-refractivity contribution is 5.52. The van der Waals surface area contributed by atoms with Crippen molar-refractivity contribution in [3.05, 3.63) is 30.4 Å². The Morgan fingerprint density at radius 1 is 1.26 bits per heavy atom. The van der Waals surface area contributed by atoms with Crippen molar-refractivity contribution in [3.8, 4) is 11.4 Å². The highest BCUT2D eigenvalue weighted by atomic mass is 16.5. The van der Waals surface area contributed by atoms with Gasteiger partial charge in [0.2, 0.25) is 11.7 Å². The molecular weight excluding hydrogens is 240 g/mol. The molecule has 0 aliphatic heterocycles. The minimum atomic E-state index is 0.239. The molecular formula is C14H20N4O. The van der Waals surface area contributed by atoms with Crippen molar-refractivity contribution < 1.29 is 4.52 Å². The number of aromatic nitrogens is 3. The van der Waals surface area contributed by atoms with Crippen LogP contribution in [0.15, 0.2) is 29.0 Å². The third-order valence-electron chi connectivity index (χ3n) is 3.27. The predicted molar refractivity (Wildman–Crippen MR) is 73.7 cm³/mol. The molecule has 0 bridgehead atoms. The van der Waals surface area contributed by atoms with Crippen LogP contribution in [0.25, 0.3) is 11.4 Å². The van der Waals surface area contributed by atoms with Crippen LogP contribution in [0.3, 0.4) is 0 Å². The van der Waals surface area contributed by atoms with Gasteiger partial charge in [0.15, 0.2) is 0 Å². The van der Waals surface area contributed by atoms with Crippen molar-refractivity contribution >= 4 is 0 Å². The number of nitrogens with zero attached hydrogens (tertiary/aromatic N) is 3. The molecule has 2 aromatic rings. The number of rotatable bonds is 6. The smallest absolute Gasteiger partial charge is 0.231 e. The van der Waals surface area contributed by atoms with Gasteiger partial charge in [-0.15, -0.1) is 0 Å². The average molecular weight is 260 g/mol. The van der Waals surface area contributed by atoms with Gasteiger partial charge in [0.1, 0.15) is 0 Å². The normalized spacial score (nSPS) is 14.3. The van der Waals surface area contributed by atoms with Gasteiger partial charge in [-0.05, 0) is 32.0 Å². The Morgan fingerprint density at radius 3 is 2.63 bits per heavy atom. The number of hydrogen-bond donors (Lipinski definition) is 1. The van der Waals surface area contributed by atoms with E-state index in [-0.39, 0.29) is 5.92 Å². The Morgan fingerprint density at radius 2 is 2.00 bits per heavy atom. The predicted octanol–water partition coefficient (Wildman–Crippen LogP) is 2.62. The van der Waals surface area contributed by atoms with Crippen LogP contribution in [0.1, 0.15) is 39.0 Å². The van der Waals surface area contributed by atoms with E-state index in [9.17, 15) is 0 Å². The molecule has 2 unspecified atom stereocenters. The van der Waals surface area contributed by atoms with Crippen LogP contribution in [0, 0.1) is 0 Å². The van der Waals surface area contributed by atoms with Crippen molar-refractivity contribution in [2.24, 2.45) is 0 Å². The van der Waals surface area contributed by atoms with Gasteiger partial charge in [-0.2, -0.15) is 4.98 Å². The van der Waals surface area contributed by atoms with Crippen LogP contribution >= 0.6 is 0 Å². The van der Waals surface area contributed by atoms with Crippen molar-refractivity contribution in [3.63, 3.8) is 0 Å². The second kappa shape index (κ2) is 6.43. The zero-order valence-corrected chi connectivity index (χ0v) is 11.6. The first kappa shape index (κ1) is 13.7. The lowest BCUT2D eigenvalue weighted by atomic mass is 9.98. The minimum Gasteiger partial charge on any atom is -0.339 e. The quantitative estimate of drug-likeness (QED) is 0.865. The summed E-state index contributed by atoms with van der Waals surface area (Å²) in [5.74, 6) is 1.56. The molecule has 0 saturated carbocycles. The number of nitrogens with one attached hydrogen (secondary N) is 1. The number of hydrogen-bond acceptors (Lipinski definition) is 5.